The zero-order valence-corrected chi connectivity index (χ0v) is 11.8. The second kappa shape index (κ2) is 6.35. The summed E-state index contributed by atoms with van der Waals surface area (Å²) in [6.45, 7) is -0.0887. The van der Waals surface area contributed by atoms with Crippen molar-refractivity contribution in [2.75, 3.05) is 0 Å². The van der Waals surface area contributed by atoms with E-state index in [2.05, 4.69) is 15.5 Å². The molecule has 0 radical (unpaired) electrons. The van der Waals surface area contributed by atoms with Crippen molar-refractivity contribution < 1.29 is 18.0 Å². The third-order valence-corrected chi connectivity index (χ3v) is 3.09. The molecule has 0 aliphatic carbocycles. The Morgan fingerprint density at radius 2 is 1.70 bits per heavy atom. The zero-order valence-electron chi connectivity index (χ0n) is 11.8. The van der Waals surface area contributed by atoms with E-state index in [1.807, 2.05) is 0 Å². The van der Waals surface area contributed by atoms with Gasteiger partial charge in [0.2, 0.25) is 5.89 Å². The summed E-state index contributed by atoms with van der Waals surface area (Å²) < 4.78 is 32.4. The molecule has 23 heavy (non-hydrogen) atoms. The lowest BCUT2D eigenvalue weighted by atomic mass is 10.2. The lowest BCUT2D eigenvalue weighted by Gasteiger charge is -2.03. The van der Waals surface area contributed by atoms with Crippen molar-refractivity contribution in [1.82, 2.24) is 15.5 Å². The smallest absolute Gasteiger partial charge is 0.254 e. The molecular formula is C16H11F2N3O2. The Kier molecular flexibility index (Phi) is 4.09. The molecule has 3 rings (SSSR count). The largest absolute Gasteiger partial charge is 0.419 e. The number of rotatable bonds is 4. The highest BCUT2D eigenvalue weighted by Gasteiger charge is 2.14. The van der Waals surface area contributed by atoms with Crippen LogP contribution in [-0.2, 0) is 6.54 Å². The molecule has 1 amide bonds. The molecule has 0 fully saturated rings. The molecule has 7 heteroatoms. The summed E-state index contributed by atoms with van der Waals surface area (Å²) in [6, 6.07) is 11.6. The van der Waals surface area contributed by atoms with E-state index in [1.165, 1.54) is 30.3 Å². The molecule has 1 heterocycles. The van der Waals surface area contributed by atoms with E-state index < -0.39 is 17.5 Å². The summed E-state index contributed by atoms with van der Waals surface area (Å²) in [5.41, 5.74) is 0.0908. The van der Waals surface area contributed by atoms with Crippen molar-refractivity contribution in [3.05, 3.63) is 71.6 Å². The molecule has 0 saturated heterocycles. The van der Waals surface area contributed by atoms with Crippen LogP contribution in [0.25, 0.3) is 11.5 Å². The summed E-state index contributed by atoms with van der Waals surface area (Å²) in [7, 11) is 0. The maximum Gasteiger partial charge on any atom is 0.254 e. The minimum absolute atomic E-state index is 0.0123. The lowest BCUT2D eigenvalue weighted by Crippen LogP contribution is -2.23. The van der Waals surface area contributed by atoms with Gasteiger partial charge in [-0.25, -0.2) is 8.78 Å². The van der Waals surface area contributed by atoms with Crippen LogP contribution >= 0.6 is 0 Å². The fourth-order valence-corrected chi connectivity index (χ4v) is 1.97. The van der Waals surface area contributed by atoms with Crippen LogP contribution in [0.15, 0.2) is 52.9 Å². The van der Waals surface area contributed by atoms with Crippen LogP contribution in [0, 0.1) is 11.6 Å². The van der Waals surface area contributed by atoms with Crippen molar-refractivity contribution in [1.29, 1.82) is 0 Å². The van der Waals surface area contributed by atoms with Gasteiger partial charge in [0.1, 0.15) is 11.6 Å². The van der Waals surface area contributed by atoms with Gasteiger partial charge < -0.3 is 9.73 Å². The van der Waals surface area contributed by atoms with E-state index >= 15 is 0 Å². The maximum atomic E-state index is 13.6. The number of aromatic nitrogens is 2. The number of nitrogens with one attached hydrogen (secondary N) is 1. The van der Waals surface area contributed by atoms with Gasteiger partial charge in [0, 0.05) is 0 Å². The van der Waals surface area contributed by atoms with E-state index in [0.29, 0.717) is 0 Å². The van der Waals surface area contributed by atoms with Crippen LogP contribution in [-0.4, -0.2) is 16.1 Å². The Bertz CT molecular complexity index is 849. The average Bonchev–Trinajstić information content (AvgIpc) is 3.02. The predicted octanol–water partition coefficient (Wildman–Crippen LogP) is 2.94. The number of hydrogen-bond donors (Lipinski definition) is 1. The second-order valence-corrected chi connectivity index (χ2v) is 4.64. The Hall–Kier alpha value is -3.09. The topological polar surface area (TPSA) is 68.0 Å². The first kappa shape index (κ1) is 14.8. The number of halogens is 2. The zero-order chi connectivity index (χ0) is 16.2. The van der Waals surface area contributed by atoms with Crippen molar-refractivity contribution in [2.24, 2.45) is 0 Å². The fraction of sp³-hybridized carbons (Fsp3) is 0.0625. The average molecular weight is 315 g/mol. The Balaban J connectivity index is 1.70. The monoisotopic (exact) mass is 315 g/mol. The minimum Gasteiger partial charge on any atom is -0.419 e. The molecule has 116 valence electrons. The van der Waals surface area contributed by atoms with E-state index in [4.69, 9.17) is 4.42 Å². The van der Waals surface area contributed by atoms with Crippen LogP contribution in [0.1, 0.15) is 16.2 Å². The normalized spacial score (nSPS) is 10.5. The third kappa shape index (κ3) is 3.23. The summed E-state index contributed by atoms with van der Waals surface area (Å²) in [5, 5.41) is 9.93. The molecule has 1 N–H and O–H groups in total. The number of carbonyl (C=O) groups excluding carboxylic acids is 1. The maximum absolute atomic E-state index is 13.6. The molecule has 3 aromatic rings. The molecule has 0 spiro atoms. The van der Waals surface area contributed by atoms with E-state index in [0.717, 1.165) is 0 Å². The number of hydrogen-bond acceptors (Lipinski definition) is 4. The quantitative estimate of drug-likeness (QED) is 0.804. The molecule has 0 atom stereocenters. The highest BCUT2D eigenvalue weighted by Crippen LogP contribution is 2.20. The molecule has 0 bridgehead atoms. The highest BCUT2D eigenvalue weighted by molar-refractivity contribution is 5.94. The predicted molar refractivity (Wildman–Crippen MR) is 77.3 cm³/mol. The van der Waals surface area contributed by atoms with Crippen LogP contribution in [0.4, 0.5) is 8.78 Å². The Morgan fingerprint density at radius 3 is 2.43 bits per heavy atom. The van der Waals surface area contributed by atoms with Crippen molar-refractivity contribution in [2.45, 2.75) is 6.54 Å². The first-order chi connectivity index (χ1) is 11.1. The Morgan fingerprint density at radius 1 is 1.00 bits per heavy atom. The van der Waals surface area contributed by atoms with Gasteiger partial charge in [-0.1, -0.05) is 24.3 Å². The van der Waals surface area contributed by atoms with Crippen LogP contribution in [0.3, 0.4) is 0 Å². The fourth-order valence-electron chi connectivity index (χ4n) is 1.97. The molecule has 0 unspecified atom stereocenters. The molecule has 0 aliphatic heterocycles. The lowest BCUT2D eigenvalue weighted by molar-refractivity contribution is 0.0943. The number of carbonyl (C=O) groups is 1. The first-order valence-electron chi connectivity index (χ1n) is 6.75. The van der Waals surface area contributed by atoms with Crippen molar-refractivity contribution in [3.8, 4) is 11.5 Å². The summed E-state index contributed by atoms with van der Waals surface area (Å²) in [5.74, 6) is -1.61. The van der Waals surface area contributed by atoms with Gasteiger partial charge in [-0.2, -0.15) is 0 Å². The van der Waals surface area contributed by atoms with Crippen molar-refractivity contribution >= 4 is 5.91 Å². The molecule has 2 aromatic carbocycles. The summed E-state index contributed by atoms with van der Waals surface area (Å²) in [6.07, 6.45) is 0. The number of nitrogens with zero attached hydrogens (tertiary/aromatic N) is 2. The summed E-state index contributed by atoms with van der Waals surface area (Å²) in [4.78, 5) is 11.9. The number of amides is 1. The van der Waals surface area contributed by atoms with E-state index in [1.54, 1.807) is 18.2 Å². The van der Waals surface area contributed by atoms with Crippen molar-refractivity contribution in [3.63, 3.8) is 0 Å². The number of benzene rings is 2. The van der Waals surface area contributed by atoms with E-state index in [9.17, 15) is 13.6 Å². The van der Waals surface area contributed by atoms with Gasteiger partial charge in [0.05, 0.1) is 17.7 Å². The molecule has 1 aromatic heterocycles. The van der Waals surface area contributed by atoms with Crippen LogP contribution in [0.5, 0.6) is 0 Å². The van der Waals surface area contributed by atoms with Gasteiger partial charge in [-0.3, -0.25) is 4.79 Å². The molecule has 0 saturated carbocycles. The van der Waals surface area contributed by atoms with Gasteiger partial charge in [0.25, 0.3) is 11.8 Å². The molecule has 0 aliphatic rings. The van der Waals surface area contributed by atoms with Gasteiger partial charge >= 0.3 is 0 Å². The van der Waals surface area contributed by atoms with Crippen LogP contribution < -0.4 is 5.32 Å². The highest BCUT2D eigenvalue weighted by atomic mass is 19.1. The van der Waals surface area contributed by atoms with Gasteiger partial charge in [-0.15, -0.1) is 10.2 Å². The van der Waals surface area contributed by atoms with E-state index in [-0.39, 0.29) is 29.5 Å². The van der Waals surface area contributed by atoms with Gasteiger partial charge in [0.15, 0.2) is 0 Å². The SMILES string of the molecule is O=C(NCc1nnc(-c2ccccc2F)o1)c1ccccc1F. The van der Waals surface area contributed by atoms with Gasteiger partial charge in [-0.05, 0) is 24.3 Å². The standard InChI is InChI=1S/C16H11F2N3O2/c17-12-7-3-1-5-10(12)15(22)19-9-14-20-21-16(23-14)11-6-2-4-8-13(11)18/h1-8H,9H2,(H,19,22). The molecule has 5 nitrogen and oxygen atoms in total. The molecular weight excluding hydrogens is 304 g/mol. The second-order valence-electron chi connectivity index (χ2n) is 4.64. The minimum atomic E-state index is -0.623. The van der Waals surface area contributed by atoms with Crippen LogP contribution in [0.2, 0.25) is 0 Å². The summed E-state index contributed by atoms with van der Waals surface area (Å²) >= 11 is 0. The Labute approximate surface area is 130 Å². The first-order valence-corrected chi connectivity index (χ1v) is 6.75. The third-order valence-electron chi connectivity index (χ3n) is 3.09.